The molecule has 0 aromatic heterocycles. The molecule has 2 saturated heterocycles. The molecule has 1 N–H and O–H groups in total. The summed E-state index contributed by atoms with van der Waals surface area (Å²) in [5, 5.41) is 3.44. The van der Waals surface area contributed by atoms with Crippen molar-refractivity contribution in [3.63, 3.8) is 0 Å². The van der Waals surface area contributed by atoms with Crippen molar-refractivity contribution in [3.8, 4) is 0 Å². The first-order valence-electron chi connectivity index (χ1n) is 5.74. The van der Waals surface area contributed by atoms with Gasteiger partial charge in [-0.25, -0.2) is 0 Å². The van der Waals surface area contributed by atoms with Crippen molar-refractivity contribution in [1.82, 2.24) is 10.2 Å². The van der Waals surface area contributed by atoms with E-state index in [-0.39, 0.29) is 0 Å². The molecule has 2 fully saturated rings. The van der Waals surface area contributed by atoms with Gasteiger partial charge < -0.3 is 10.2 Å². The molecule has 2 rings (SSSR count). The van der Waals surface area contributed by atoms with Crippen LogP contribution in [0.3, 0.4) is 0 Å². The molecule has 0 unspecified atom stereocenters. The Morgan fingerprint density at radius 2 is 1.92 bits per heavy atom. The van der Waals surface area contributed by atoms with Gasteiger partial charge in [-0.3, -0.25) is 0 Å². The van der Waals surface area contributed by atoms with Gasteiger partial charge in [0.2, 0.25) is 0 Å². The molecule has 1 atom stereocenters. The first kappa shape index (κ1) is 9.47. The van der Waals surface area contributed by atoms with Crippen LogP contribution in [-0.4, -0.2) is 38.1 Å². The van der Waals surface area contributed by atoms with E-state index >= 15 is 0 Å². The van der Waals surface area contributed by atoms with Crippen LogP contribution < -0.4 is 5.32 Å². The number of hydrogen-bond donors (Lipinski definition) is 1. The van der Waals surface area contributed by atoms with E-state index in [0.717, 1.165) is 11.8 Å². The lowest BCUT2D eigenvalue weighted by Gasteiger charge is -2.25. The van der Waals surface area contributed by atoms with Crippen molar-refractivity contribution < 1.29 is 0 Å². The summed E-state index contributed by atoms with van der Waals surface area (Å²) in [5.74, 6) is 2.03. The van der Waals surface area contributed by atoms with Crippen LogP contribution in [0.15, 0.2) is 0 Å². The normalized spacial score (nSPS) is 32.5. The number of nitrogens with zero attached hydrogens (tertiary/aromatic N) is 1. The van der Waals surface area contributed by atoms with E-state index in [1.54, 1.807) is 0 Å². The monoisotopic (exact) mass is 182 g/mol. The van der Waals surface area contributed by atoms with Gasteiger partial charge in [-0.2, -0.15) is 0 Å². The zero-order valence-electron chi connectivity index (χ0n) is 8.76. The highest BCUT2D eigenvalue weighted by Crippen LogP contribution is 2.26. The van der Waals surface area contributed by atoms with Crippen molar-refractivity contribution in [1.29, 1.82) is 0 Å². The minimum atomic E-state index is 1.01. The SMILES string of the molecule is CN1CC[C@@H](CC2CCNCC2)C1. The van der Waals surface area contributed by atoms with Gasteiger partial charge in [0.25, 0.3) is 0 Å². The highest BCUT2D eigenvalue weighted by molar-refractivity contribution is 4.78. The topological polar surface area (TPSA) is 15.3 Å². The van der Waals surface area contributed by atoms with Crippen LogP contribution >= 0.6 is 0 Å². The molecule has 0 spiro atoms. The van der Waals surface area contributed by atoms with Crippen LogP contribution in [-0.2, 0) is 0 Å². The van der Waals surface area contributed by atoms with Crippen molar-refractivity contribution in [2.24, 2.45) is 11.8 Å². The van der Waals surface area contributed by atoms with Gasteiger partial charge in [0.05, 0.1) is 0 Å². The first-order chi connectivity index (χ1) is 6.34. The minimum absolute atomic E-state index is 1.01. The molecule has 2 heterocycles. The Kier molecular flexibility index (Phi) is 3.23. The Morgan fingerprint density at radius 3 is 2.54 bits per heavy atom. The summed E-state index contributed by atoms with van der Waals surface area (Å²) in [4.78, 5) is 2.48. The molecule has 0 radical (unpaired) electrons. The molecule has 0 aromatic rings. The van der Waals surface area contributed by atoms with Gasteiger partial charge in [-0.05, 0) is 64.2 Å². The lowest BCUT2D eigenvalue weighted by atomic mass is 9.87. The Bertz CT molecular complexity index is 149. The summed E-state index contributed by atoms with van der Waals surface area (Å²) in [5.41, 5.74) is 0. The second kappa shape index (κ2) is 4.43. The maximum Gasteiger partial charge on any atom is 0.000719 e. The van der Waals surface area contributed by atoms with Gasteiger partial charge in [-0.1, -0.05) is 0 Å². The summed E-state index contributed by atoms with van der Waals surface area (Å²) in [6.45, 7) is 5.19. The van der Waals surface area contributed by atoms with Crippen LogP contribution in [0.4, 0.5) is 0 Å². The van der Waals surface area contributed by atoms with E-state index in [2.05, 4.69) is 17.3 Å². The molecule has 2 heteroatoms. The average molecular weight is 182 g/mol. The van der Waals surface area contributed by atoms with E-state index in [4.69, 9.17) is 0 Å². The van der Waals surface area contributed by atoms with Gasteiger partial charge >= 0.3 is 0 Å². The number of likely N-dealkylation sites (tertiary alicyclic amines) is 1. The molecule has 0 bridgehead atoms. The molecular formula is C11H22N2. The van der Waals surface area contributed by atoms with E-state index in [1.807, 2.05) is 0 Å². The molecule has 13 heavy (non-hydrogen) atoms. The Hall–Kier alpha value is -0.0800. The fourth-order valence-corrected chi connectivity index (χ4v) is 2.81. The molecule has 0 aliphatic carbocycles. The summed E-state index contributed by atoms with van der Waals surface area (Å²) < 4.78 is 0. The fourth-order valence-electron chi connectivity index (χ4n) is 2.81. The Balaban J connectivity index is 1.71. The Morgan fingerprint density at radius 1 is 1.15 bits per heavy atom. The molecule has 2 aliphatic heterocycles. The second-order valence-electron chi connectivity index (χ2n) is 4.85. The number of piperidine rings is 1. The molecule has 0 aromatic carbocycles. The Labute approximate surface area is 81.7 Å². The summed E-state index contributed by atoms with van der Waals surface area (Å²) >= 11 is 0. The number of rotatable bonds is 2. The third-order valence-corrected chi connectivity index (χ3v) is 3.61. The zero-order chi connectivity index (χ0) is 9.10. The molecule has 0 saturated carbocycles. The largest absolute Gasteiger partial charge is 0.317 e. The maximum atomic E-state index is 3.44. The quantitative estimate of drug-likeness (QED) is 0.693. The van der Waals surface area contributed by atoms with Gasteiger partial charge in [0, 0.05) is 6.54 Å². The molecule has 2 nitrogen and oxygen atoms in total. The number of nitrogens with one attached hydrogen (secondary N) is 1. The second-order valence-corrected chi connectivity index (χ2v) is 4.85. The fraction of sp³-hybridized carbons (Fsp3) is 1.00. The lowest BCUT2D eigenvalue weighted by Crippen LogP contribution is -2.29. The van der Waals surface area contributed by atoms with E-state index in [9.17, 15) is 0 Å². The third kappa shape index (κ3) is 2.68. The molecule has 2 aliphatic rings. The van der Waals surface area contributed by atoms with Crippen molar-refractivity contribution in [3.05, 3.63) is 0 Å². The van der Waals surface area contributed by atoms with Crippen molar-refractivity contribution in [2.45, 2.75) is 25.7 Å². The van der Waals surface area contributed by atoms with Crippen molar-refractivity contribution >= 4 is 0 Å². The molecule has 76 valence electrons. The minimum Gasteiger partial charge on any atom is -0.317 e. The summed E-state index contributed by atoms with van der Waals surface area (Å²) in [6.07, 6.45) is 5.77. The zero-order valence-corrected chi connectivity index (χ0v) is 8.76. The highest BCUT2D eigenvalue weighted by Gasteiger charge is 2.23. The van der Waals surface area contributed by atoms with E-state index in [1.165, 1.54) is 51.9 Å². The van der Waals surface area contributed by atoms with Crippen LogP contribution in [0, 0.1) is 11.8 Å². The van der Waals surface area contributed by atoms with Gasteiger partial charge in [0.1, 0.15) is 0 Å². The van der Waals surface area contributed by atoms with Crippen LogP contribution in [0.1, 0.15) is 25.7 Å². The molecule has 0 amide bonds. The van der Waals surface area contributed by atoms with Gasteiger partial charge in [-0.15, -0.1) is 0 Å². The van der Waals surface area contributed by atoms with Crippen LogP contribution in [0.2, 0.25) is 0 Å². The standard InChI is InChI=1S/C11H22N2/c1-13-7-4-11(9-13)8-10-2-5-12-6-3-10/h10-12H,2-9H2,1H3/t11-/m0/s1. The van der Waals surface area contributed by atoms with Crippen molar-refractivity contribution in [2.75, 3.05) is 33.2 Å². The number of hydrogen-bond acceptors (Lipinski definition) is 2. The molecular weight excluding hydrogens is 160 g/mol. The predicted molar refractivity (Wildman–Crippen MR) is 55.8 cm³/mol. The smallest absolute Gasteiger partial charge is 0.000719 e. The van der Waals surface area contributed by atoms with Crippen LogP contribution in [0.25, 0.3) is 0 Å². The van der Waals surface area contributed by atoms with E-state index in [0.29, 0.717) is 0 Å². The average Bonchev–Trinajstić information content (AvgIpc) is 2.53. The predicted octanol–water partition coefficient (Wildman–Crippen LogP) is 1.33. The van der Waals surface area contributed by atoms with Crippen LogP contribution in [0.5, 0.6) is 0 Å². The van der Waals surface area contributed by atoms with E-state index < -0.39 is 0 Å². The van der Waals surface area contributed by atoms with Gasteiger partial charge in [0.15, 0.2) is 0 Å². The third-order valence-electron chi connectivity index (χ3n) is 3.61. The lowest BCUT2D eigenvalue weighted by molar-refractivity contribution is 0.294. The first-order valence-corrected chi connectivity index (χ1v) is 5.74. The maximum absolute atomic E-state index is 3.44. The summed E-state index contributed by atoms with van der Waals surface area (Å²) in [7, 11) is 2.25. The summed E-state index contributed by atoms with van der Waals surface area (Å²) in [6, 6.07) is 0. The highest BCUT2D eigenvalue weighted by atomic mass is 15.1.